The third-order valence-corrected chi connectivity index (χ3v) is 4.92. The van der Waals surface area contributed by atoms with Crippen LogP contribution in [0.2, 0.25) is 0 Å². The van der Waals surface area contributed by atoms with Crippen LogP contribution in [0.25, 0.3) is 0 Å². The largest absolute Gasteiger partial charge is 0.495 e. The van der Waals surface area contributed by atoms with E-state index >= 15 is 0 Å². The van der Waals surface area contributed by atoms with E-state index in [0.717, 1.165) is 46.4 Å². The van der Waals surface area contributed by atoms with Crippen LogP contribution in [0.5, 0.6) is 5.75 Å². The zero-order valence-electron chi connectivity index (χ0n) is 11.7. The van der Waals surface area contributed by atoms with Gasteiger partial charge >= 0.3 is 0 Å². The van der Waals surface area contributed by atoms with E-state index in [1.54, 1.807) is 18.4 Å². The number of para-hydroxylation sites is 2. The quantitative estimate of drug-likeness (QED) is 0.942. The zero-order valence-corrected chi connectivity index (χ0v) is 12.5. The van der Waals surface area contributed by atoms with Crippen molar-refractivity contribution in [1.82, 2.24) is 4.98 Å². The van der Waals surface area contributed by atoms with Crippen molar-refractivity contribution < 1.29 is 9.84 Å². The van der Waals surface area contributed by atoms with Gasteiger partial charge in [-0.1, -0.05) is 23.5 Å². The topological polar surface area (TPSA) is 45.6 Å². The van der Waals surface area contributed by atoms with Gasteiger partial charge in [0.15, 0.2) is 5.13 Å². The number of benzene rings is 1. The van der Waals surface area contributed by atoms with E-state index < -0.39 is 0 Å². The highest BCUT2D eigenvalue weighted by atomic mass is 32.1. The zero-order chi connectivity index (χ0) is 14.1. The van der Waals surface area contributed by atoms with E-state index in [-0.39, 0.29) is 6.10 Å². The lowest BCUT2D eigenvalue weighted by Crippen LogP contribution is -2.10. The lowest BCUT2D eigenvalue weighted by atomic mass is 10.0. The van der Waals surface area contributed by atoms with Crippen molar-refractivity contribution in [3.05, 3.63) is 34.8 Å². The number of aryl methyl sites for hydroxylation is 1. The number of thiazole rings is 1. The molecule has 1 heterocycles. The Balaban J connectivity index is 1.96. The minimum atomic E-state index is -0.351. The van der Waals surface area contributed by atoms with Gasteiger partial charge in [0.1, 0.15) is 5.75 Å². The van der Waals surface area contributed by atoms with Gasteiger partial charge in [-0.3, -0.25) is 0 Å². The SMILES string of the molecule is COc1ccccc1N(C)c1nc2c(s1)C(O)CCC2. The fourth-order valence-corrected chi connectivity index (χ4v) is 3.64. The van der Waals surface area contributed by atoms with Crippen LogP contribution >= 0.6 is 11.3 Å². The number of anilines is 2. The van der Waals surface area contributed by atoms with Crippen molar-refractivity contribution >= 4 is 22.2 Å². The molecule has 20 heavy (non-hydrogen) atoms. The molecule has 1 aliphatic carbocycles. The maximum absolute atomic E-state index is 10.1. The van der Waals surface area contributed by atoms with Gasteiger partial charge < -0.3 is 14.7 Å². The number of aliphatic hydroxyl groups is 1. The molecular weight excluding hydrogens is 272 g/mol. The van der Waals surface area contributed by atoms with Crippen LogP contribution in [0, 0.1) is 0 Å². The average Bonchev–Trinajstić information content (AvgIpc) is 2.92. The highest BCUT2D eigenvalue weighted by Crippen LogP contribution is 2.40. The number of hydrogen-bond acceptors (Lipinski definition) is 5. The van der Waals surface area contributed by atoms with Crippen molar-refractivity contribution in [3.8, 4) is 5.75 Å². The van der Waals surface area contributed by atoms with E-state index in [1.807, 2.05) is 36.2 Å². The maximum atomic E-state index is 10.1. The van der Waals surface area contributed by atoms with Crippen LogP contribution < -0.4 is 9.64 Å². The van der Waals surface area contributed by atoms with Gasteiger partial charge in [-0.25, -0.2) is 4.98 Å². The number of aromatic nitrogens is 1. The van der Waals surface area contributed by atoms with Gasteiger partial charge in [-0.05, 0) is 31.4 Å². The van der Waals surface area contributed by atoms with Crippen LogP contribution in [0.4, 0.5) is 10.8 Å². The molecule has 0 saturated carbocycles. The molecule has 106 valence electrons. The molecule has 0 spiro atoms. The summed E-state index contributed by atoms with van der Waals surface area (Å²) < 4.78 is 5.40. The molecule has 2 aromatic rings. The normalized spacial score (nSPS) is 17.6. The van der Waals surface area contributed by atoms with Crippen LogP contribution in [-0.4, -0.2) is 24.2 Å². The van der Waals surface area contributed by atoms with Crippen molar-refractivity contribution in [2.75, 3.05) is 19.1 Å². The van der Waals surface area contributed by atoms with E-state index in [2.05, 4.69) is 4.98 Å². The molecule has 0 aliphatic heterocycles. The van der Waals surface area contributed by atoms with Crippen LogP contribution in [0.15, 0.2) is 24.3 Å². The van der Waals surface area contributed by atoms with Crippen molar-refractivity contribution in [2.24, 2.45) is 0 Å². The maximum Gasteiger partial charge on any atom is 0.190 e. The van der Waals surface area contributed by atoms with Crippen LogP contribution in [0.3, 0.4) is 0 Å². The molecule has 0 saturated heterocycles. The molecule has 3 rings (SSSR count). The summed E-state index contributed by atoms with van der Waals surface area (Å²) in [5.41, 5.74) is 2.03. The minimum Gasteiger partial charge on any atom is -0.495 e. The Labute approximate surface area is 122 Å². The van der Waals surface area contributed by atoms with Gasteiger partial charge in [0.05, 0.1) is 29.5 Å². The number of ether oxygens (including phenoxy) is 1. The fourth-order valence-electron chi connectivity index (χ4n) is 2.54. The molecule has 0 amide bonds. The van der Waals surface area contributed by atoms with Gasteiger partial charge in [0.25, 0.3) is 0 Å². The van der Waals surface area contributed by atoms with Crippen molar-refractivity contribution in [2.45, 2.75) is 25.4 Å². The third-order valence-electron chi connectivity index (χ3n) is 3.64. The molecule has 1 aliphatic rings. The second-order valence-corrected chi connectivity index (χ2v) is 5.96. The number of hydrogen-bond donors (Lipinski definition) is 1. The van der Waals surface area contributed by atoms with Gasteiger partial charge in [0, 0.05) is 7.05 Å². The van der Waals surface area contributed by atoms with Gasteiger partial charge in [-0.15, -0.1) is 0 Å². The fraction of sp³-hybridized carbons (Fsp3) is 0.400. The first-order valence-electron chi connectivity index (χ1n) is 6.75. The van der Waals surface area contributed by atoms with Gasteiger partial charge in [0.2, 0.25) is 0 Å². The molecule has 4 nitrogen and oxygen atoms in total. The van der Waals surface area contributed by atoms with Crippen LogP contribution in [-0.2, 0) is 6.42 Å². The highest BCUT2D eigenvalue weighted by Gasteiger charge is 2.24. The molecule has 0 radical (unpaired) electrons. The van der Waals surface area contributed by atoms with E-state index in [9.17, 15) is 5.11 Å². The summed E-state index contributed by atoms with van der Waals surface area (Å²) in [6.45, 7) is 0. The number of aliphatic hydroxyl groups excluding tert-OH is 1. The van der Waals surface area contributed by atoms with Crippen LogP contribution in [0.1, 0.15) is 29.5 Å². The first-order chi connectivity index (χ1) is 9.70. The Morgan fingerprint density at radius 1 is 1.40 bits per heavy atom. The Hall–Kier alpha value is -1.59. The molecule has 0 fully saturated rings. The highest BCUT2D eigenvalue weighted by molar-refractivity contribution is 7.15. The Bertz CT molecular complexity index is 612. The Morgan fingerprint density at radius 3 is 2.95 bits per heavy atom. The predicted molar refractivity (Wildman–Crippen MR) is 81.1 cm³/mol. The Morgan fingerprint density at radius 2 is 2.20 bits per heavy atom. The molecular formula is C15H18N2O2S. The Kier molecular flexibility index (Phi) is 3.63. The molecule has 5 heteroatoms. The summed E-state index contributed by atoms with van der Waals surface area (Å²) in [6.07, 6.45) is 2.46. The summed E-state index contributed by atoms with van der Waals surface area (Å²) in [5.74, 6) is 0.823. The lowest BCUT2D eigenvalue weighted by Gasteiger charge is -2.18. The second-order valence-electron chi connectivity index (χ2n) is 4.95. The van der Waals surface area contributed by atoms with Crippen molar-refractivity contribution in [3.63, 3.8) is 0 Å². The van der Waals surface area contributed by atoms with Gasteiger partial charge in [-0.2, -0.15) is 0 Å². The summed E-state index contributed by atoms with van der Waals surface area (Å²) in [5, 5.41) is 11.0. The average molecular weight is 290 g/mol. The predicted octanol–water partition coefficient (Wildman–Crippen LogP) is 3.29. The van der Waals surface area contributed by atoms with E-state index in [4.69, 9.17) is 4.74 Å². The summed E-state index contributed by atoms with van der Waals surface area (Å²) in [6, 6.07) is 7.88. The first kappa shape index (κ1) is 13.4. The summed E-state index contributed by atoms with van der Waals surface area (Å²) in [7, 11) is 3.65. The first-order valence-corrected chi connectivity index (χ1v) is 7.56. The number of fused-ring (bicyclic) bond motifs is 1. The van der Waals surface area contributed by atoms with E-state index in [1.165, 1.54) is 0 Å². The molecule has 1 aromatic heterocycles. The molecule has 1 atom stereocenters. The molecule has 1 aromatic carbocycles. The van der Waals surface area contributed by atoms with E-state index in [0.29, 0.717) is 0 Å². The second kappa shape index (κ2) is 5.42. The smallest absolute Gasteiger partial charge is 0.190 e. The third kappa shape index (κ3) is 2.27. The number of methoxy groups -OCH3 is 1. The minimum absolute atomic E-state index is 0.351. The molecule has 0 bridgehead atoms. The summed E-state index contributed by atoms with van der Waals surface area (Å²) >= 11 is 1.57. The number of nitrogens with zero attached hydrogens (tertiary/aromatic N) is 2. The number of rotatable bonds is 3. The monoisotopic (exact) mass is 290 g/mol. The lowest BCUT2D eigenvalue weighted by molar-refractivity contribution is 0.160. The summed E-state index contributed by atoms with van der Waals surface area (Å²) in [4.78, 5) is 7.73. The molecule has 1 N–H and O–H groups in total. The molecule has 1 unspecified atom stereocenters. The standard InChI is InChI=1S/C15H18N2O2S/c1-17(11-7-3-4-9-13(11)19-2)15-16-10-6-5-8-12(18)14(10)20-15/h3-4,7,9,12,18H,5-6,8H2,1-2H3. The van der Waals surface area contributed by atoms with Crippen molar-refractivity contribution in [1.29, 1.82) is 0 Å².